The lowest BCUT2D eigenvalue weighted by Crippen LogP contribution is -2.50. The van der Waals surface area contributed by atoms with E-state index < -0.39 is 5.79 Å². The first kappa shape index (κ1) is 18.2. The van der Waals surface area contributed by atoms with Gasteiger partial charge in [0, 0.05) is 39.1 Å². The predicted octanol–water partition coefficient (Wildman–Crippen LogP) is 2.66. The van der Waals surface area contributed by atoms with Crippen LogP contribution in [0.2, 0.25) is 0 Å². The Kier molecular flexibility index (Phi) is 6.29. The maximum absolute atomic E-state index is 12.4. The van der Waals surface area contributed by atoms with Gasteiger partial charge in [-0.25, -0.2) is 4.79 Å². The van der Waals surface area contributed by atoms with Crippen LogP contribution in [0.3, 0.4) is 0 Å². The molecule has 1 N–H and O–H groups in total. The highest BCUT2D eigenvalue weighted by Gasteiger charge is 2.40. The minimum atomic E-state index is -0.444. The van der Waals surface area contributed by atoms with Crippen LogP contribution in [0, 0.1) is 0 Å². The third kappa shape index (κ3) is 4.71. The van der Waals surface area contributed by atoms with Crippen LogP contribution < -0.4 is 5.32 Å². The van der Waals surface area contributed by atoms with Gasteiger partial charge in [0.15, 0.2) is 5.79 Å². The van der Waals surface area contributed by atoms with Gasteiger partial charge >= 0.3 is 6.03 Å². The minimum absolute atomic E-state index is 0.0304. The summed E-state index contributed by atoms with van der Waals surface area (Å²) in [6.45, 7) is 6.57. The largest absolute Gasteiger partial charge is 0.377 e. The molecule has 25 heavy (non-hydrogen) atoms. The molecular weight excluding hydrogens is 320 g/mol. The van der Waals surface area contributed by atoms with Gasteiger partial charge in [0.2, 0.25) is 0 Å². The van der Waals surface area contributed by atoms with Gasteiger partial charge in [-0.15, -0.1) is 0 Å². The average Bonchev–Trinajstić information content (AvgIpc) is 3.09. The molecule has 2 heterocycles. The Bertz CT molecular complexity index is 562. The molecular formula is C19H28N2O4. The number of nitrogens with one attached hydrogen (secondary N) is 1. The molecule has 2 amide bonds. The van der Waals surface area contributed by atoms with Crippen molar-refractivity contribution >= 4 is 6.03 Å². The van der Waals surface area contributed by atoms with Crippen molar-refractivity contribution in [3.8, 4) is 0 Å². The lowest BCUT2D eigenvalue weighted by atomic mass is 10.0. The summed E-state index contributed by atoms with van der Waals surface area (Å²) < 4.78 is 17.0. The van der Waals surface area contributed by atoms with Crippen LogP contribution in [0.15, 0.2) is 24.3 Å². The van der Waals surface area contributed by atoms with Gasteiger partial charge in [-0.3, -0.25) is 0 Å². The normalized spacial score (nSPS) is 19.3. The van der Waals surface area contributed by atoms with Crippen LogP contribution in [0.1, 0.15) is 37.3 Å². The zero-order chi connectivity index (χ0) is 17.5. The fourth-order valence-electron chi connectivity index (χ4n) is 3.32. The van der Waals surface area contributed by atoms with Crippen molar-refractivity contribution in [2.75, 3.05) is 32.9 Å². The van der Waals surface area contributed by atoms with E-state index in [0.29, 0.717) is 39.5 Å². The van der Waals surface area contributed by atoms with Crippen molar-refractivity contribution < 1.29 is 19.0 Å². The highest BCUT2D eigenvalue weighted by atomic mass is 16.7. The van der Waals surface area contributed by atoms with E-state index in [-0.39, 0.29) is 6.03 Å². The molecule has 0 atom stereocenters. The number of amides is 2. The molecule has 2 saturated heterocycles. The first-order chi connectivity index (χ1) is 12.2. The molecule has 0 radical (unpaired) electrons. The summed E-state index contributed by atoms with van der Waals surface area (Å²) in [6.07, 6.45) is 2.48. The Morgan fingerprint density at radius 2 is 1.88 bits per heavy atom. The van der Waals surface area contributed by atoms with Crippen molar-refractivity contribution in [3.05, 3.63) is 35.4 Å². The predicted molar refractivity (Wildman–Crippen MR) is 94.1 cm³/mol. The number of likely N-dealkylation sites (tertiary alicyclic amines) is 1. The van der Waals surface area contributed by atoms with Crippen molar-refractivity contribution in [2.45, 2.75) is 45.1 Å². The zero-order valence-corrected chi connectivity index (χ0v) is 15.0. The van der Waals surface area contributed by atoms with E-state index >= 15 is 0 Å². The lowest BCUT2D eigenvalue weighted by molar-refractivity contribution is -0.181. The summed E-state index contributed by atoms with van der Waals surface area (Å²) in [5, 5.41) is 3.03. The van der Waals surface area contributed by atoms with Gasteiger partial charge in [0.05, 0.1) is 19.8 Å². The summed E-state index contributed by atoms with van der Waals surface area (Å²) in [6, 6.07) is 8.05. The molecule has 2 fully saturated rings. The molecule has 1 aromatic carbocycles. The number of urea groups is 1. The van der Waals surface area contributed by atoms with Crippen LogP contribution in [-0.2, 0) is 27.4 Å². The Labute approximate surface area is 149 Å². The molecule has 2 aliphatic heterocycles. The quantitative estimate of drug-likeness (QED) is 0.803. The Balaban J connectivity index is 1.48. The second kappa shape index (κ2) is 8.65. The molecule has 0 aliphatic carbocycles. The summed E-state index contributed by atoms with van der Waals surface area (Å²) >= 11 is 0. The van der Waals surface area contributed by atoms with Crippen LogP contribution in [-0.4, -0.2) is 49.6 Å². The molecule has 0 bridgehead atoms. The molecule has 1 aromatic rings. The first-order valence-electron chi connectivity index (χ1n) is 9.18. The van der Waals surface area contributed by atoms with Gasteiger partial charge in [-0.05, 0) is 17.5 Å². The summed E-state index contributed by atoms with van der Waals surface area (Å²) in [7, 11) is 0. The van der Waals surface area contributed by atoms with E-state index in [4.69, 9.17) is 14.2 Å². The topological polar surface area (TPSA) is 60.0 Å². The third-order valence-corrected chi connectivity index (χ3v) is 4.78. The highest BCUT2D eigenvalue weighted by molar-refractivity contribution is 5.74. The van der Waals surface area contributed by atoms with Crippen LogP contribution in [0.25, 0.3) is 0 Å². The minimum Gasteiger partial charge on any atom is -0.377 e. The SMILES string of the molecule is CCCOCc1ccccc1CNC(=O)N1CCC2(CC1)OCCO2. The molecule has 6 heteroatoms. The van der Waals surface area contributed by atoms with E-state index in [1.807, 2.05) is 23.1 Å². The molecule has 3 rings (SSSR count). The maximum atomic E-state index is 12.4. The third-order valence-electron chi connectivity index (χ3n) is 4.78. The van der Waals surface area contributed by atoms with E-state index in [0.717, 1.165) is 37.0 Å². The number of benzene rings is 1. The monoisotopic (exact) mass is 348 g/mol. The van der Waals surface area contributed by atoms with Crippen LogP contribution in [0.4, 0.5) is 4.79 Å². The van der Waals surface area contributed by atoms with Crippen molar-refractivity contribution in [3.63, 3.8) is 0 Å². The van der Waals surface area contributed by atoms with Gasteiger partial charge in [-0.2, -0.15) is 0 Å². The maximum Gasteiger partial charge on any atom is 0.317 e. The number of hydrogen-bond acceptors (Lipinski definition) is 4. The number of hydrogen-bond donors (Lipinski definition) is 1. The zero-order valence-electron chi connectivity index (χ0n) is 15.0. The fourth-order valence-corrected chi connectivity index (χ4v) is 3.32. The molecule has 0 aromatic heterocycles. The van der Waals surface area contributed by atoms with Gasteiger partial charge < -0.3 is 24.4 Å². The molecule has 6 nitrogen and oxygen atoms in total. The second-order valence-electron chi connectivity index (χ2n) is 6.57. The molecule has 138 valence electrons. The number of carbonyl (C=O) groups is 1. The standard InChI is InChI=1S/C19H28N2O4/c1-2-11-23-15-17-6-4-3-5-16(17)14-20-18(22)21-9-7-19(8-10-21)24-12-13-25-19/h3-6H,2,7-15H2,1H3,(H,20,22). The number of rotatable bonds is 6. The summed E-state index contributed by atoms with van der Waals surface area (Å²) in [4.78, 5) is 14.3. The van der Waals surface area contributed by atoms with Crippen LogP contribution >= 0.6 is 0 Å². The fraction of sp³-hybridized carbons (Fsp3) is 0.632. The Hall–Kier alpha value is -1.63. The summed E-state index contributed by atoms with van der Waals surface area (Å²) in [5.74, 6) is -0.444. The number of ether oxygens (including phenoxy) is 3. The van der Waals surface area contributed by atoms with Crippen molar-refractivity contribution in [1.29, 1.82) is 0 Å². The van der Waals surface area contributed by atoms with Crippen molar-refractivity contribution in [2.24, 2.45) is 0 Å². The molecule has 2 aliphatic rings. The number of carbonyl (C=O) groups excluding carboxylic acids is 1. The van der Waals surface area contributed by atoms with Gasteiger partial charge in [0.1, 0.15) is 0 Å². The summed E-state index contributed by atoms with van der Waals surface area (Å²) in [5.41, 5.74) is 2.23. The highest BCUT2D eigenvalue weighted by Crippen LogP contribution is 2.31. The Morgan fingerprint density at radius 1 is 1.20 bits per heavy atom. The number of piperidine rings is 1. The van der Waals surface area contributed by atoms with Gasteiger partial charge in [-0.1, -0.05) is 31.2 Å². The van der Waals surface area contributed by atoms with E-state index in [1.54, 1.807) is 0 Å². The first-order valence-corrected chi connectivity index (χ1v) is 9.18. The van der Waals surface area contributed by atoms with Gasteiger partial charge in [0.25, 0.3) is 0 Å². The molecule has 0 unspecified atom stereocenters. The van der Waals surface area contributed by atoms with E-state index in [9.17, 15) is 4.79 Å². The average molecular weight is 348 g/mol. The lowest BCUT2D eigenvalue weighted by Gasteiger charge is -2.37. The molecule has 0 saturated carbocycles. The van der Waals surface area contributed by atoms with Crippen LogP contribution in [0.5, 0.6) is 0 Å². The van der Waals surface area contributed by atoms with Crippen molar-refractivity contribution in [1.82, 2.24) is 10.2 Å². The van der Waals surface area contributed by atoms with E-state index in [2.05, 4.69) is 18.3 Å². The number of nitrogens with zero attached hydrogens (tertiary/aromatic N) is 1. The second-order valence-corrected chi connectivity index (χ2v) is 6.57. The smallest absolute Gasteiger partial charge is 0.317 e. The Morgan fingerprint density at radius 3 is 2.56 bits per heavy atom. The molecule has 1 spiro atoms. The van der Waals surface area contributed by atoms with E-state index in [1.165, 1.54) is 0 Å².